The number of nitrogens with zero attached hydrogens (tertiary/aromatic N) is 1. The number of aryl methyl sites for hydroxylation is 1. The molecule has 150 valence electrons. The first-order valence-electron chi connectivity index (χ1n) is 10.3. The van der Waals surface area contributed by atoms with E-state index in [0.29, 0.717) is 0 Å². The van der Waals surface area contributed by atoms with Gasteiger partial charge in [0.05, 0.1) is 11.1 Å². The third-order valence-corrected chi connectivity index (χ3v) is 7.20. The van der Waals surface area contributed by atoms with Crippen LogP contribution >= 0.6 is 11.6 Å². The van der Waals surface area contributed by atoms with Crippen LogP contribution in [-0.4, -0.2) is 10.8 Å². The molecule has 0 fully saturated rings. The molecule has 0 N–H and O–H groups in total. The molecule has 0 unspecified atom stereocenters. The Kier molecular flexibility index (Phi) is 4.20. The highest BCUT2D eigenvalue weighted by molar-refractivity contribution is 6.30. The minimum atomic E-state index is -1.08. The minimum Gasteiger partial charge on any atom is -0.467 e. The zero-order valence-corrected chi connectivity index (χ0v) is 18.1. The van der Waals surface area contributed by atoms with E-state index in [-0.39, 0.29) is 0 Å². The topological polar surface area (TPSA) is 21.6 Å². The highest BCUT2D eigenvalue weighted by Gasteiger charge is 2.70. The molecule has 0 saturated heterocycles. The maximum Gasteiger partial charge on any atom is 0.225 e. The molecule has 0 aliphatic carbocycles. The van der Waals surface area contributed by atoms with Crippen LogP contribution in [0.25, 0.3) is 5.76 Å². The van der Waals surface area contributed by atoms with Crippen molar-refractivity contribution in [3.05, 3.63) is 113 Å². The molecule has 5 rings (SSSR count). The number of ether oxygens (including phenoxy) is 1. The molecule has 0 amide bonds. The van der Waals surface area contributed by atoms with Crippen molar-refractivity contribution in [2.45, 2.75) is 31.4 Å². The standard InChI is InChI=1S/C27H24ClNO/c1-19-14-16-21(17-15-19)24-25(2,3)27(28)26(29-24,22-12-8-5-9-13-22)18-23(30-27)20-10-6-4-7-11-20/h4-18H,1-3H3/t26-,27+/m1/s1. The van der Waals surface area contributed by atoms with Gasteiger partial charge in [-0.2, -0.15) is 0 Å². The zero-order valence-electron chi connectivity index (χ0n) is 17.4. The fourth-order valence-corrected chi connectivity index (χ4v) is 5.00. The van der Waals surface area contributed by atoms with Gasteiger partial charge in [-0.25, -0.2) is 0 Å². The van der Waals surface area contributed by atoms with E-state index in [2.05, 4.69) is 63.2 Å². The molecule has 2 nitrogen and oxygen atoms in total. The van der Waals surface area contributed by atoms with Gasteiger partial charge in [0, 0.05) is 5.56 Å². The first-order valence-corrected chi connectivity index (χ1v) is 10.6. The van der Waals surface area contributed by atoms with Crippen LogP contribution in [0.5, 0.6) is 0 Å². The SMILES string of the molecule is Cc1ccc(C2=N[C@@]3(c4ccccc4)C=C(c4ccccc4)O[C@@]3(Cl)C2(C)C)cc1. The van der Waals surface area contributed by atoms with E-state index in [0.717, 1.165) is 28.2 Å². The van der Waals surface area contributed by atoms with Gasteiger partial charge < -0.3 is 4.74 Å². The number of rotatable bonds is 3. The van der Waals surface area contributed by atoms with E-state index in [1.165, 1.54) is 5.56 Å². The van der Waals surface area contributed by atoms with Crippen molar-refractivity contribution in [2.24, 2.45) is 10.4 Å². The summed E-state index contributed by atoms with van der Waals surface area (Å²) in [7, 11) is 0. The maximum atomic E-state index is 7.48. The first kappa shape index (κ1) is 19.1. The smallest absolute Gasteiger partial charge is 0.225 e. The molecule has 30 heavy (non-hydrogen) atoms. The summed E-state index contributed by atoms with van der Waals surface area (Å²) in [4.78, 5) is 5.34. The van der Waals surface area contributed by atoms with Crippen molar-refractivity contribution < 1.29 is 4.74 Å². The molecule has 3 aromatic rings. The second-order valence-electron chi connectivity index (χ2n) is 8.66. The number of hydrogen-bond acceptors (Lipinski definition) is 2. The number of halogens is 1. The van der Waals surface area contributed by atoms with Gasteiger partial charge in [0.25, 0.3) is 0 Å². The second-order valence-corrected chi connectivity index (χ2v) is 9.19. The Morgan fingerprint density at radius 1 is 0.767 bits per heavy atom. The molecular weight excluding hydrogens is 390 g/mol. The van der Waals surface area contributed by atoms with Gasteiger partial charge >= 0.3 is 0 Å². The molecule has 3 aromatic carbocycles. The molecule has 3 heteroatoms. The van der Waals surface area contributed by atoms with Gasteiger partial charge in [0.2, 0.25) is 5.06 Å². The normalized spacial score (nSPS) is 26.5. The Morgan fingerprint density at radius 2 is 1.37 bits per heavy atom. The summed E-state index contributed by atoms with van der Waals surface area (Å²) >= 11 is 7.48. The van der Waals surface area contributed by atoms with Crippen LogP contribution in [0.4, 0.5) is 0 Å². The fraction of sp³-hybridized carbons (Fsp3) is 0.222. The van der Waals surface area contributed by atoms with Crippen LogP contribution in [0.3, 0.4) is 0 Å². The van der Waals surface area contributed by atoms with Gasteiger partial charge in [-0.15, -0.1) is 0 Å². The third kappa shape index (κ3) is 2.53. The average molecular weight is 414 g/mol. The minimum absolute atomic E-state index is 0.535. The van der Waals surface area contributed by atoms with Crippen molar-refractivity contribution in [1.82, 2.24) is 0 Å². The van der Waals surface area contributed by atoms with Gasteiger partial charge in [0.1, 0.15) is 5.76 Å². The Morgan fingerprint density at radius 3 is 2.00 bits per heavy atom. The van der Waals surface area contributed by atoms with Crippen molar-refractivity contribution in [3.8, 4) is 0 Å². The largest absolute Gasteiger partial charge is 0.467 e. The Balaban J connectivity index is 1.77. The van der Waals surface area contributed by atoms with Crippen LogP contribution in [0.1, 0.15) is 36.1 Å². The van der Waals surface area contributed by atoms with E-state index < -0.39 is 16.0 Å². The predicted molar refractivity (Wildman–Crippen MR) is 124 cm³/mol. The lowest BCUT2D eigenvalue weighted by Gasteiger charge is -2.41. The summed E-state index contributed by atoms with van der Waals surface area (Å²) in [5, 5.41) is -1.08. The van der Waals surface area contributed by atoms with Crippen molar-refractivity contribution >= 4 is 23.1 Å². The summed E-state index contributed by atoms with van der Waals surface area (Å²) in [6, 6.07) is 28.8. The van der Waals surface area contributed by atoms with Crippen LogP contribution < -0.4 is 0 Å². The lowest BCUT2D eigenvalue weighted by molar-refractivity contribution is 0.0329. The lowest BCUT2D eigenvalue weighted by atomic mass is 9.72. The molecule has 2 aliphatic rings. The van der Waals surface area contributed by atoms with Crippen LogP contribution in [-0.2, 0) is 10.3 Å². The first-order chi connectivity index (χ1) is 14.4. The molecule has 2 heterocycles. The van der Waals surface area contributed by atoms with Crippen molar-refractivity contribution in [3.63, 3.8) is 0 Å². The summed E-state index contributed by atoms with van der Waals surface area (Å²) in [5.74, 6) is 0.772. The number of fused-ring (bicyclic) bond motifs is 1. The van der Waals surface area contributed by atoms with Gasteiger partial charge in [-0.1, -0.05) is 102 Å². The van der Waals surface area contributed by atoms with Crippen molar-refractivity contribution in [1.29, 1.82) is 0 Å². The van der Waals surface area contributed by atoms with Crippen LogP contribution in [0.2, 0.25) is 0 Å². The number of alkyl halides is 1. The molecule has 2 aliphatic heterocycles. The second kappa shape index (κ2) is 6.58. The molecule has 0 aromatic heterocycles. The quantitative estimate of drug-likeness (QED) is 0.436. The van der Waals surface area contributed by atoms with Crippen LogP contribution in [0, 0.1) is 12.3 Å². The lowest BCUT2D eigenvalue weighted by Crippen LogP contribution is -2.50. The summed E-state index contributed by atoms with van der Waals surface area (Å²) in [5.41, 5.74) is 3.94. The summed E-state index contributed by atoms with van der Waals surface area (Å²) in [6.45, 7) is 6.35. The predicted octanol–water partition coefficient (Wildman–Crippen LogP) is 6.73. The van der Waals surface area contributed by atoms with E-state index in [4.69, 9.17) is 21.3 Å². The van der Waals surface area contributed by atoms with Crippen molar-refractivity contribution in [2.75, 3.05) is 0 Å². The van der Waals surface area contributed by atoms with E-state index in [1.807, 2.05) is 48.5 Å². The molecule has 2 atom stereocenters. The highest BCUT2D eigenvalue weighted by Crippen LogP contribution is 2.64. The van der Waals surface area contributed by atoms with E-state index >= 15 is 0 Å². The Bertz CT molecular complexity index is 1150. The Hall–Kier alpha value is -2.84. The Labute approximate surface area is 182 Å². The number of benzene rings is 3. The van der Waals surface area contributed by atoms with Crippen LogP contribution in [0.15, 0.2) is 96.0 Å². The molecule has 0 bridgehead atoms. The number of hydrogen-bond donors (Lipinski definition) is 0. The zero-order chi connectivity index (χ0) is 21.0. The molecule has 0 radical (unpaired) electrons. The van der Waals surface area contributed by atoms with Gasteiger partial charge in [-0.3, -0.25) is 4.99 Å². The van der Waals surface area contributed by atoms with Gasteiger partial charge in [-0.05, 0) is 38.0 Å². The molecule has 0 saturated carbocycles. The maximum absolute atomic E-state index is 7.48. The monoisotopic (exact) mass is 413 g/mol. The summed E-state index contributed by atoms with van der Waals surface area (Å²) in [6.07, 6.45) is 2.10. The average Bonchev–Trinajstić information content (AvgIpc) is 3.17. The highest BCUT2D eigenvalue weighted by atomic mass is 35.5. The molecule has 0 spiro atoms. The third-order valence-electron chi connectivity index (χ3n) is 6.36. The summed E-state index contributed by atoms with van der Waals surface area (Å²) < 4.78 is 6.62. The fourth-order valence-electron chi connectivity index (χ4n) is 4.63. The molecular formula is C27H24ClNO. The van der Waals surface area contributed by atoms with E-state index in [1.54, 1.807) is 0 Å². The van der Waals surface area contributed by atoms with Gasteiger partial charge in [0.15, 0.2) is 5.54 Å². The van der Waals surface area contributed by atoms with E-state index in [9.17, 15) is 0 Å². The number of aliphatic imine (C=N–C) groups is 1.